The number of nitrogens with zero attached hydrogens (tertiary/aromatic N) is 3. The first kappa shape index (κ1) is 13.3. The van der Waals surface area contributed by atoms with Gasteiger partial charge in [0.2, 0.25) is 0 Å². The molecule has 3 fully saturated rings. The lowest BCUT2D eigenvalue weighted by molar-refractivity contribution is -0.0632. The summed E-state index contributed by atoms with van der Waals surface area (Å²) in [6.45, 7) is 9.12. The van der Waals surface area contributed by atoms with Crippen molar-refractivity contribution in [3.63, 3.8) is 0 Å². The van der Waals surface area contributed by atoms with Crippen LogP contribution in [0.4, 0.5) is 0 Å². The molecule has 2 aliphatic carbocycles. The summed E-state index contributed by atoms with van der Waals surface area (Å²) < 4.78 is 5.89. The molecule has 3 rings (SSSR count). The van der Waals surface area contributed by atoms with Gasteiger partial charge in [-0.2, -0.15) is 0 Å². The summed E-state index contributed by atoms with van der Waals surface area (Å²) in [6, 6.07) is 0. The summed E-state index contributed by atoms with van der Waals surface area (Å²) in [5, 5.41) is 4.21. The SMILES string of the molecule is CC1(C)C[C@H]2[C@H]1CC[C@@]1(C)O[C@@H]1CC[C@]2(C)N=[N+]=[N-]. The molecule has 1 heterocycles. The maximum absolute atomic E-state index is 8.93. The van der Waals surface area contributed by atoms with Gasteiger partial charge in [-0.3, -0.25) is 0 Å². The number of ether oxygens (including phenoxy) is 1. The van der Waals surface area contributed by atoms with Crippen LogP contribution in [0, 0.1) is 17.3 Å². The fourth-order valence-corrected chi connectivity index (χ4v) is 4.64. The van der Waals surface area contributed by atoms with E-state index in [1.807, 2.05) is 0 Å². The van der Waals surface area contributed by atoms with Gasteiger partial charge in [0.05, 0.1) is 11.7 Å². The molecule has 5 atom stereocenters. The highest BCUT2D eigenvalue weighted by Gasteiger charge is 2.59. The number of hydrogen-bond donors (Lipinski definition) is 0. The second-order valence-corrected chi connectivity index (χ2v) is 7.95. The van der Waals surface area contributed by atoms with Gasteiger partial charge < -0.3 is 4.74 Å². The molecule has 0 aromatic rings. The number of hydrogen-bond acceptors (Lipinski definition) is 2. The lowest BCUT2D eigenvalue weighted by Crippen LogP contribution is -2.53. The van der Waals surface area contributed by atoms with Crippen molar-refractivity contribution in [2.75, 3.05) is 0 Å². The summed E-state index contributed by atoms with van der Waals surface area (Å²) in [6.07, 6.45) is 5.96. The Kier molecular flexibility index (Phi) is 2.72. The largest absolute Gasteiger partial charge is 0.366 e. The van der Waals surface area contributed by atoms with Gasteiger partial charge in [0.25, 0.3) is 0 Å². The summed E-state index contributed by atoms with van der Waals surface area (Å²) in [5.74, 6) is 1.22. The number of azide groups is 1. The monoisotopic (exact) mass is 263 g/mol. The Bertz CT molecular complexity index is 443. The number of epoxide rings is 1. The first-order chi connectivity index (χ1) is 8.81. The standard InChI is InChI=1S/C15H25N3O/c1-13(2)9-11-10(13)5-8-15(4)12(19-15)6-7-14(11,3)17-18-16/h10-12H,5-9H2,1-4H3/t10-,11+,12-,14+,15-/m1/s1. The summed E-state index contributed by atoms with van der Waals surface area (Å²) in [7, 11) is 0. The zero-order valence-electron chi connectivity index (χ0n) is 12.5. The minimum Gasteiger partial charge on any atom is -0.366 e. The van der Waals surface area contributed by atoms with Crippen molar-refractivity contribution in [3.05, 3.63) is 10.4 Å². The molecule has 0 spiro atoms. The van der Waals surface area contributed by atoms with Gasteiger partial charge in [0.15, 0.2) is 0 Å². The van der Waals surface area contributed by atoms with E-state index in [9.17, 15) is 0 Å². The van der Waals surface area contributed by atoms with Gasteiger partial charge >= 0.3 is 0 Å². The Morgan fingerprint density at radius 1 is 1.11 bits per heavy atom. The van der Waals surface area contributed by atoms with Gasteiger partial charge in [-0.1, -0.05) is 25.9 Å². The molecular formula is C15H25N3O. The van der Waals surface area contributed by atoms with Crippen LogP contribution in [0.25, 0.3) is 10.4 Å². The quantitative estimate of drug-likeness (QED) is 0.298. The third kappa shape index (κ3) is 1.96. The average Bonchev–Trinajstić information content (AvgIpc) is 2.95. The zero-order valence-corrected chi connectivity index (χ0v) is 12.5. The van der Waals surface area contributed by atoms with Gasteiger partial charge in [-0.15, -0.1) is 0 Å². The van der Waals surface area contributed by atoms with Crippen LogP contribution >= 0.6 is 0 Å². The molecule has 0 unspecified atom stereocenters. The Morgan fingerprint density at radius 3 is 2.47 bits per heavy atom. The third-order valence-electron chi connectivity index (χ3n) is 6.21. The van der Waals surface area contributed by atoms with Crippen molar-refractivity contribution in [2.24, 2.45) is 22.4 Å². The van der Waals surface area contributed by atoms with Crippen LogP contribution in [0.2, 0.25) is 0 Å². The van der Waals surface area contributed by atoms with E-state index >= 15 is 0 Å². The number of rotatable bonds is 1. The molecule has 3 aliphatic rings. The van der Waals surface area contributed by atoms with E-state index in [2.05, 4.69) is 37.7 Å². The maximum Gasteiger partial charge on any atom is 0.0920 e. The predicted molar refractivity (Wildman–Crippen MR) is 74.7 cm³/mol. The second-order valence-electron chi connectivity index (χ2n) is 7.95. The van der Waals surface area contributed by atoms with Gasteiger partial charge in [0, 0.05) is 10.5 Å². The van der Waals surface area contributed by atoms with Crippen LogP contribution in [0.3, 0.4) is 0 Å². The molecule has 0 bridgehead atoms. The summed E-state index contributed by atoms with van der Waals surface area (Å²) >= 11 is 0. The lowest BCUT2D eigenvalue weighted by atomic mass is 9.49. The molecule has 0 radical (unpaired) electrons. The Balaban J connectivity index is 1.88. The van der Waals surface area contributed by atoms with E-state index in [0.717, 1.165) is 19.3 Å². The average molecular weight is 263 g/mol. The Morgan fingerprint density at radius 2 is 1.84 bits per heavy atom. The zero-order chi connectivity index (χ0) is 13.9. The highest BCUT2D eigenvalue weighted by Crippen LogP contribution is 2.61. The highest BCUT2D eigenvalue weighted by atomic mass is 16.6. The van der Waals surface area contributed by atoms with Gasteiger partial charge in [-0.05, 0) is 61.8 Å². The van der Waals surface area contributed by atoms with Crippen LogP contribution in [0.5, 0.6) is 0 Å². The minimum absolute atomic E-state index is 0.109. The van der Waals surface area contributed by atoms with Crippen molar-refractivity contribution in [2.45, 2.75) is 77.0 Å². The molecule has 106 valence electrons. The molecule has 0 amide bonds. The van der Waals surface area contributed by atoms with Gasteiger partial charge in [-0.25, -0.2) is 0 Å². The van der Waals surface area contributed by atoms with E-state index < -0.39 is 0 Å². The molecular weight excluding hydrogens is 238 g/mol. The summed E-state index contributed by atoms with van der Waals surface area (Å²) in [5.41, 5.74) is 9.21. The fraction of sp³-hybridized carbons (Fsp3) is 1.00. The van der Waals surface area contributed by atoms with Crippen molar-refractivity contribution in [1.29, 1.82) is 0 Å². The predicted octanol–water partition coefficient (Wildman–Crippen LogP) is 4.45. The van der Waals surface area contributed by atoms with Crippen molar-refractivity contribution >= 4 is 0 Å². The first-order valence-electron chi connectivity index (χ1n) is 7.55. The fourth-order valence-electron chi connectivity index (χ4n) is 4.64. The topological polar surface area (TPSA) is 61.3 Å². The molecule has 0 aromatic carbocycles. The van der Waals surface area contributed by atoms with E-state index in [1.165, 1.54) is 12.8 Å². The molecule has 2 saturated carbocycles. The van der Waals surface area contributed by atoms with Crippen LogP contribution in [-0.2, 0) is 4.74 Å². The van der Waals surface area contributed by atoms with E-state index in [-0.39, 0.29) is 11.1 Å². The molecule has 1 saturated heterocycles. The van der Waals surface area contributed by atoms with Crippen molar-refractivity contribution in [3.8, 4) is 0 Å². The smallest absolute Gasteiger partial charge is 0.0920 e. The van der Waals surface area contributed by atoms with E-state index in [4.69, 9.17) is 10.3 Å². The minimum atomic E-state index is -0.216. The van der Waals surface area contributed by atoms with E-state index in [0.29, 0.717) is 23.4 Å². The van der Waals surface area contributed by atoms with E-state index in [1.54, 1.807) is 0 Å². The van der Waals surface area contributed by atoms with Crippen LogP contribution in [-0.4, -0.2) is 17.2 Å². The molecule has 0 aromatic heterocycles. The molecule has 19 heavy (non-hydrogen) atoms. The van der Waals surface area contributed by atoms with Crippen molar-refractivity contribution < 1.29 is 4.74 Å². The van der Waals surface area contributed by atoms with Crippen LogP contribution in [0.15, 0.2) is 5.11 Å². The third-order valence-corrected chi connectivity index (χ3v) is 6.21. The molecule has 4 nitrogen and oxygen atoms in total. The van der Waals surface area contributed by atoms with Crippen LogP contribution in [0.1, 0.15) is 59.8 Å². The summed E-state index contributed by atoms with van der Waals surface area (Å²) in [4.78, 5) is 3.14. The van der Waals surface area contributed by atoms with Gasteiger partial charge in [0.1, 0.15) is 0 Å². The highest BCUT2D eigenvalue weighted by molar-refractivity contribution is 5.11. The normalized spacial score (nSPS) is 51.3. The maximum atomic E-state index is 8.93. The molecule has 1 aliphatic heterocycles. The first-order valence-corrected chi connectivity index (χ1v) is 7.55. The van der Waals surface area contributed by atoms with Crippen LogP contribution < -0.4 is 0 Å². The number of fused-ring (bicyclic) bond motifs is 2. The molecule has 4 heteroatoms. The molecule has 0 N–H and O–H groups in total. The second kappa shape index (κ2) is 3.89. The Labute approximate surface area is 115 Å². The van der Waals surface area contributed by atoms with Crippen molar-refractivity contribution in [1.82, 2.24) is 0 Å². The Hall–Kier alpha value is -0.730. The lowest BCUT2D eigenvalue weighted by Gasteiger charge is -2.57.